The van der Waals surface area contributed by atoms with Crippen LogP contribution in [0, 0.1) is 20.2 Å². The van der Waals surface area contributed by atoms with Gasteiger partial charge in [-0.05, 0) is 0 Å². The summed E-state index contributed by atoms with van der Waals surface area (Å²) in [7, 11) is 0. The van der Waals surface area contributed by atoms with Gasteiger partial charge < -0.3 is 10.0 Å². The smallest absolute Gasteiger partial charge is 0.318 e. The standard InChI is InChI=1S/C11H16N4O6/c1-2-3-12-5-10(14(18)19)4-11(7-12,15(20)21)9(17)13(6-10)8-16/h2,16H,1,3-8H2. The van der Waals surface area contributed by atoms with E-state index in [1.54, 1.807) is 0 Å². The number of carbonyl (C=O) groups excluding carboxylic acids is 1. The molecule has 0 saturated carbocycles. The van der Waals surface area contributed by atoms with Crippen molar-refractivity contribution in [3.05, 3.63) is 32.9 Å². The summed E-state index contributed by atoms with van der Waals surface area (Å²) in [5.41, 5.74) is -3.74. The molecule has 0 spiro atoms. The van der Waals surface area contributed by atoms with Gasteiger partial charge in [0.25, 0.3) is 5.54 Å². The molecule has 10 nitrogen and oxygen atoms in total. The quantitative estimate of drug-likeness (QED) is 0.379. The minimum absolute atomic E-state index is 0.0224. The van der Waals surface area contributed by atoms with Crippen molar-refractivity contribution in [1.82, 2.24) is 9.80 Å². The minimum atomic E-state index is -2.09. The van der Waals surface area contributed by atoms with Crippen LogP contribution in [0.25, 0.3) is 0 Å². The molecule has 2 unspecified atom stereocenters. The number of hydrogen-bond acceptors (Lipinski definition) is 7. The van der Waals surface area contributed by atoms with Crippen LogP contribution in [-0.4, -0.2) is 74.6 Å². The Hall–Kier alpha value is -2.07. The van der Waals surface area contributed by atoms with Crippen LogP contribution in [0.5, 0.6) is 0 Å². The molecule has 2 aliphatic heterocycles. The summed E-state index contributed by atoms with van der Waals surface area (Å²) in [6.45, 7) is 2.38. The average molecular weight is 300 g/mol. The zero-order valence-electron chi connectivity index (χ0n) is 11.3. The molecule has 2 heterocycles. The van der Waals surface area contributed by atoms with Crippen molar-refractivity contribution in [3.8, 4) is 0 Å². The summed E-state index contributed by atoms with van der Waals surface area (Å²) in [4.78, 5) is 36.2. The summed E-state index contributed by atoms with van der Waals surface area (Å²) in [6.07, 6.45) is 1.03. The largest absolute Gasteiger partial charge is 0.376 e. The van der Waals surface area contributed by atoms with Gasteiger partial charge in [-0.15, -0.1) is 6.58 Å². The molecule has 0 aromatic carbocycles. The highest BCUT2D eigenvalue weighted by molar-refractivity contribution is 5.86. The van der Waals surface area contributed by atoms with Crippen molar-refractivity contribution in [2.75, 3.05) is 32.9 Å². The van der Waals surface area contributed by atoms with Crippen LogP contribution in [0.15, 0.2) is 12.7 Å². The Morgan fingerprint density at radius 3 is 2.43 bits per heavy atom. The number of aliphatic hydroxyl groups is 1. The van der Waals surface area contributed by atoms with Crippen LogP contribution in [0.4, 0.5) is 0 Å². The van der Waals surface area contributed by atoms with Crippen LogP contribution in [0.2, 0.25) is 0 Å². The number of rotatable bonds is 5. The van der Waals surface area contributed by atoms with E-state index in [1.807, 2.05) is 0 Å². The van der Waals surface area contributed by atoms with Gasteiger partial charge in [0.05, 0.1) is 19.6 Å². The lowest BCUT2D eigenvalue weighted by molar-refractivity contribution is -0.622. The van der Waals surface area contributed by atoms with E-state index in [2.05, 4.69) is 6.58 Å². The van der Waals surface area contributed by atoms with E-state index >= 15 is 0 Å². The molecule has 2 aliphatic rings. The van der Waals surface area contributed by atoms with Crippen LogP contribution >= 0.6 is 0 Å². The van der Waals surface area contributed by atoms with Crippen LogP contribution in [-0.2, 0) is 4.79 Å². The minimum Gasteiger partial charge on any atom is -0.376 e. The van der Waals surface area contributed by atoms with Crippen LogP contribution in [0.3, 0.4) is 0 Å². The fraction of sp³-hybridized carbons (Fsp3) is 0.727. The Bertz CT molecular complexity index is 511. The molecule has 2 atom stereocenters. The van der Waals surface area contributed by atoms with Crippen molar-refractivity contribution in [1.29, 1.82) is 0 Å². The van der Waals surface area contributed by atoms with Gasteiger partial charge in [0.1, 0.15) is 13.2 Å². The van der Waals surface area contributed by atoms with Gasteiger partial charge in [-0.1, -0.05) is 6.08 Å². The number of fused-ring (bicyclic) bond motifs is 2. The van der Waals surface area contributed by atoms with Crippen LogP contribution < -0.4 is 0 Å². The predicted molar refractivity (Wildman–Crippen MR) is 69.5 cm³/mol. The number of amides is 1. The molecule has 2 rings (SSSR count). The molecule has 2 saturated heterocycles. The highest BCUT2D eigenvalue weighted by Gasteiger charge is 2.70. The van der Waals surface area contributed by atoms with Crippen molar-refractivity contribution >= 4 is 5.91 Å². The van der Waals surface area contributed by atoms with Gasteiger partial charge in [0.2, 0.25) is 0 Å². The van der Waals surface area contributed by atoms with Gasteiger partial charge >= 0.3 is 11.4 Å². The van der Waals surface area contributed by atoms with Gasteiger partial charge in [0, 0.05) is 16.4 Å². The van der Waals surface area contributed by atoms with Gasteiger partial charge in [0.15, 0.2) is 0 Å². The zero-order chi connectivity index (χ0) is 15.8. The third-order valence-electron chi connectivity index (χ3n) is 4.09. The first-order chi connectivity index (χ1) is 9.81. The third-order valence-corrected chi connectivity index (χ3v) is 4.09. The maximum absolute atomic E-state index is 12.3. The van der Waals surface area contributed by atoms with Gasteiger partial charge in [-0.3, -0.25) is 29.9 Å². The predicted octanol–water partition coefficient (Wildman–Crippen LogP) is -1.30. The Morgan fingerprint density at radius 2 is 1.95 bits per heavy atom. The van der Waals surface area contributed by atoms with Gasteiger partial charge in [-0.2, -0.15) is 0 Å². The lowest BCUT2D eigenvalue weighted by Crippen LogP contribution is -2.77. The van der Waals surface area contributed by atoms with Crippen molar-refractivity contribution in [3.63, 3.8) is 0 Å². The molecule has 116 valence electrons. The molecular formula is C11H16N4O6. The topological polar surface area (TPSA) is 130 Å². The summed E-state index contributed by atoms with van der Waals surface area (Å²) < 4.78 is 0. The first-order valence-electron chi connectivity index (χ1n) is 6.34. The molecule has 21 heavy (non-hydrogen) atoms. The summed E-state index contributed by atoms with van der Waals surface area (Å²) in [6, 6.07) is 0. The Kier molecular flexibility index (Phi) is 3.68. The SMILES string of the molecule is C=CCN1CC2([N+](=O)[O-])CN(CO)C(=O)C([N+](=O)[O-])(C1)C2. The van der Waals surface area contributed by atoms with E-state index in [0.29, 0.717) is 0 Å². The second-order valence-corrected chi connectivity index (χ2v) is 5.55. The molecule has 10 heteroatoms. The second-order valence-electron chi connectivity index (χ2n) is 5.55. The molecule has 2 bridgehead atoms. The lowest BCUT2D eigenvalue weighted by Gasteiger charge is -2.48. The number of carbonyl (C=O) groups is 1. The fourth-order valence-corrected chi connectivity index (χ4v) is 3.28. The summed E-state index contributed by atoms with van der Waals surface area (Å²) in [5.74, 6) is -0.874. The number of piperidine rings is 2. The normalized spacial score (nSPS) is 32.8. The average Bonchev–Trinajstić information content (AvgIpc) is 2.42. The monoisotopic (exact) mass is 300 g/mol. The molecule has 0 aromatic rings. The van der Waals surface area contributed by atoms with E-state index in [1.165, 1.54) is 11.0 Å². The molecular weight excluding hydrogens is 284 g/mol. The number of nitro groups is 2. The molecule has 0 aliphatic carbocycles. The highest BCUT2D eigenvalue weighted by Crippen LogP contribution is 2.39. The van der Waals surface area contributed by atoms with Crippen molar-refractivity contribution < 1.29 is 19.7 Å². The zero-order valence-corrected chi connectivity index (χ0v) is 11.3. The first kappa shape index (κ1) is 15.3. The van der Waals surface area contributed by atoms with E-state index in [-0.39, 0.29) is 26.2 Å². The highest BCUT2D eigenvalue weighted by atomic mass is 16.6. The summed E-state index contributed by atoms with van der Waals surface area (Å²) in [5, 5.41) is 32.2. The second kappa shape index (κ2) is 5.04. The lowest BCUT2D eigenvalue weighted by atomic mass is 9.73. The Balaban J connectivity index is 2.52. The first-order valence-corrected chi connectivity index (χ1v) is 6.34. The summed E-state index contributed by atoms with van der Waals surface area (Å²) >= 11 is 0. The van der Waals surface area contributed by atoms with E-state index in [0.717, 1.165) is 4.90 Å². The molecule has 1 amide bonds. The molecule has 0 aromatic heterocycles. The maximum Gasteiger partial charge on any atom is 0.318 e. The van der Waals surface area contributed by atoms with Crippen molar-refractivity contribution in [2.45, 2.75) is 17.5 Å². The van der Waals surface area contributed by atoms with Crippen molar-refractivity contribution in [2.24, 2.45) is 0 Å². The maximum atomic E-state index is 12.3. The molecule has 0 radical (unpaired) electrons. The van der Waals surface area contributed by atoms with E-state index < -0.39 is 40.0 Å². The van der Waals surface area contributed by atoms with E-state index in [9.17, 15) is 30.1 Å². The molecule has 2 fully saturated rings. The third kappa shape index (κ3) is 2.16. The number of nitrogens with zero attached hydrogens (tertiary/aromatic N) is 4. The number of aliphatic hydroxyl groups excluding tert-OH is 1. The Morgan fingerprint density at radius 1 is 1.29 bits per heavy atom. The Labute approximate surface area is 119 Å². The van der Waals surface area contributed by atoms with E-state index in [4.69, 9.17) is 0 Å². The number of likely N-dealkylation sites (tertiary alicyclic amines) is 2. The fourth-order valence-electron chi connectivity index (χ4n) is 3.28. The van der Waals surface area contributed by atoms with Crippen LogP contribution in [0.1, 0.15) is 6.42 Å². The molecule has 1 N–H and O–H groups in total. The number of hydrogen-bond donors (Lipinski definition) is 1. The van der Waals surface area contributed by atoms with Gasteiger partial charge in [-0.25, -0.2) is 0 Å².